The van der Waals surface area contributed by atoms with Crippen LogP contribution in [-0.4, -0.2) is 12.5 Å². The highest BCUT2D eigenvalue weighted by atomic mass is 19.2. The third kappa shape index (κ3) is 4.67. The lowest BCUT2D eigenvalue weighted by molar-refractivity contribution is -0.118. The maximum atomic E-state index is 13.6. The van der Waals surface area contributed by atoms with E-state index in [4.69, 9.17) is 4.74 Å². The molecule has 0 aromatic heterocycles. The fourth-order valence-corrected chi connectivity index (χ4v) is 2.56. The maximum absolute atomic E-state index is 13.6. The van der Waals surface area contributed by atoms with Crippen molar-refractivity contribution in [3.8, 4) is 5.75 Å². The third-order valence-electron chi connectivity index (χ3n) is 3.88. The first kappa shape index (κ1) is 18.5. The average molecular weight is 371 g/mol. The second-order valence-corrected chi connectivity index (χ2v) is 5.83. The summed E-state index contributed by atoms with van der Waals surface area (Å²) in [5, 5.41) is 2.17. The molecule has 1 amide bonds. The van der Waals surface area contributed by atoms with Crippen LogP contribution in [0, 0.1) is 17.5 Å². The van der Waals surface area contributed by atoms with E-state index in [0.717, 1.165) is 23.3 Å². The van der Waals surface area contributed by atoms with Crippen LogP contribution in [0.4, 0.5) is 18.9 Å². The van der Waals surface area contributed by atoms with Crippen LogP contribution in [0.1, 0.15) is 11.1 Å². The summed E-state index contributed by atoms with van der Waals surface area (Å²) >= 11 is 0. The monoisotopic (exact) mass is 371 g/mol. The number of carbonyl (C=O) groups is 1. The molecule has 0 atom stereocenters. The molecule has 27 heavy (non-hydrogen) atoms. The molecule has 0 heterocycles. The highest BCUT2D eigenvalue weighted by molar-refractivity contribution is 5.92. The number of amides is 1. The molecule has 0 aliphatic rings. The fraction of sp³-hybridized carbons (Fsp3) is 0.0952. The van der Waals surface area contributed by atoms with Crippen molar-refractivity contribution in [2.75, 3.05) is 11.9 Å². The van der Waals surface area contributed by atoms with Gasteiger partial charge >= 0.3 is 0 Å². The highest BCUT2D eigenvalue weighted by Crippen LogP contribution is 2.22. The molecule has 3 aromatic carbocycles. The Balaban J connectivity index is 1.65. The van der Waals surface area contributed by atoms with Crippen LogP contribution in [0.25, 0.3) is 0 Å². The second-order valence-electron chi connectivity index (χ2n) is 5.83. The number of hydrogen-bond donors (Lipinski definition) is 1. The number of rotatable bonds is 6. The van der Waals surface area contributed by atoms with Crippen LogP contribution in [0.5, 0.6) is 5.75 Å². The van der Waals surface area contributed by atoms with Crippen molar-refractivity contribution in [1.82, 2.24) is 0 Å². The quantitative estimate of drug-likeness (QED) is 0.637. The van der Waals surface area contributed by atoms with Gasteiger partial charge in [0, 0.05) is 6.42 Å². The van der Waals surface area contributed by atoms with Crippen molar-refractivity contribution < 1.29 is 22.7 Å². The Bertz CT molecular complexity index is 945. The molecule has 6 heteroatoms. The van der Waals surface area contributed by atoms with Gasteiger partial charge in [0.05, 0.1) is 5.69 Å². The number of carbonyl (C=O) groups excluding carboxylic acids is 1. The lowest BCUT2D eigenvalue weighted by Gasteiger charge is -2.12. The minimum atomic E-state index is -1.64. The number of nitrogens with one attached hydrogen (secondary N) is 1. The summed E-state index contributed by atoms with van der Waals surface area (Å²) in [4.78, 5) is 12.0. The van der Waals surface area contributed by atoms with Crippen molar-refractivity contribution in [2.24, 2.45) is 0 Å². The van der Waals surface area contributed by atoms with E-state index in [9.17, 15) is 18.0 Å². The van der Waals surface area contributed by atoms with Crippen LogP contribution < -0.4 is 10.1 Å². The van der Waals surface area contributed by atoms with Gasteiger partial charge in [-0.15, -0.1) is 0 Å². The first-order valence-electron chi connectivity index (χ1n) is 8.22. The number of para-hydroxylation sites is 1. The third-order valence-corrected chi connectivity index (χ3v) is 3.88. The minimum Gasteiger partial charge on any atom is -0.483 e. The zero-order chi connectivity index (χ0) is 19.2. The van der Waals surface area contributed by atoms with Gasteiger partial charge in [0.25, 0.3) is 5.91 Å². The summed E-state index contributed by atoms with van der Waals surface area (Å²) in [6.07, 6.45) is 0.621. The first-order chi connectivity index (χ1) is 13.0. The summed E-state index contributed by atoms with van der Waals surface area (Å²) in [6.45, 7) is -0.399. The largest absolute Gasteiger partial charge is 0.483 e. The van der Waals surface area contributed by atoms with E-state index in [0.29, 0.717) is 12.2 Å². The molecule has 0 aliphatic carbocycles. The SMILES string of the molecule is O=C(COc1ccccc1Cc1ccccc1)Nc1ccc(F)c(F)c1F. The summed E-state index contributed by atoms with van der Waals surface area (Å²) in [5.74, 6) is -4.58. The average Bonchev–Trinajstić information content (AvgIpc) is 2.68. The Labute approximate surface area is 154 Å². The molecule has 0 saturated heterocycles. The predicted octanol–water partition coefficient (Wildman–Crippen LogP) is 4.71. The van der Waals surface area contributed by atoms with Gasteiger partial charge in [-0.1, -0.05) is 48.5 Å². The van der Waals surface area contributed by atoms with Crippen molar-refractivity contribution in [3.63, 3.8) is 0 Å². The molecule has 0 unspecified atom stereocenters. The van der Waals surface area contributed by atoms with E-state index in [1.165, 1.54) is 0 Å². The van der Waals surface area contributed by atoms with Crippen molar-refractivity contribution in [2.45, 2.75) is 6.42 Å². The zero-order valence-corrected chi connectivity index (χ0v) is 14.2. The van der Waals surface area contributed by atoms with Gasteiger partial charge in [0.2, 0.25) is 0 Å². The molecule has 0 aliphatic heterocycles. The molecular weight excluding hydrogens is 355 g/mol. The van der Waals surface area contributed by atoms with E-state index in [1.807, 2.05) is 42.5 Å². The van der Waals surface area contributed by atoms with E-state index in [-0.39, 0.29) is 0 Å². The highest BCUT2D eigenvalue weighted by Gasteiger charge is 2.15. The molecule has 1 N–H and O–H groups in total. The van der Waals surface area contributed by atoms with Gasteiger partial charge in [-0.2, -0.15) is 0 Å². The van der Waals surface area contributed by atoms with E-state index < -0.39 is 35.7 Å². The van der Waals surface area contributed by atoms with Gasteiger partial charge < -0.3 is 10.1 Å². The van der Waals surface area contributed by atoms with Crippen LogP contribution in [-0.2, 0) is 11.2 Å². The van der Waals surface area contributed by atoms with Crippen molar-refractivity contribution >= 4 is 11.6 Å². The van der Waals surface area contributed by atoms with Crippen molar-refractivity contribution in [1.29, 1.82) is 0 Å². The van der Waals surface area contributed by atoms with Gasteiger partial charge in [-0.3, -0.25) is 4.79 Å². The minimum absolute atomic E-state index is 0.399. The number of hydrogen-bond acceptors (Lipinski definition) is 2. The number of benzene rings is 3. The van der Waals surface area contributed by atoms with E-state index in [1.54, 1.807) is 12.1 Å². The number of halogens is 3. The molecular formula is C21H16F3NO2. The Morgan fingerprint density at radius 2 is 1.56 bits per heavy atom. The van der Waals surface area contributed by atoms with E-state index >= 15 is 0 Å². The lowest BCUT2D eigenvalue weighted by atomic mass is 10.0. The topological polar surface area (TPSA) is 38.3 Å². The number of ether oxygens (including phenoxy) is 1. The Kier molecular flexibility index (Phi) is 5.76. The molecule has 0 bridgehead atoms. The smallest absolute Gasteiger partial charge is 0.262 e. The molecule has 0 radical (unpaired) electrons. The van der Waals surface area contributed by atoms with Crippen LogP contribution in [0.15, 0.2) is 66.7 Å². The molecule has 0 fully saturated rings. The van der Waals surface area contributed by atoms with Gasteiger partial charge in [0.15, 0.2) is 24.1 Å². The Morgan fingerprint density at radius 1 is 0.852 bits per heavy atom. The fourth-order valence-electron chi connectivity index (χ4n) is 2.56. The molecule has 0 saturated carbocycles. The Hall–Kier alpha value is -3.28. The Morgan fingerprint density at radius 3 is 2.33 bits per heavy atom. The van der Waals surface area contributed by atoms with Crippen LogP contribution in [0.2, 0.25) is 0 Å². The predicted molar refractivity (Wildman–Crippen MR) is 96.1 cm³/mol. The lowest BCUT2D eigenvalue weighted by Crippen LogP contribution is -2.21. The van der Waals surface area contributed by atoms with Gasteiger partial charge in [0.1, 0.15) is 5.75 Å². The van der Waals surface area contributed by atoms with Gasteiger partial charge in [-0.25, -0.2) is 13.2 Å². The second kappa shape index (κ2) is 8.40. The molecule has 3 nitrogen and oxygen atoms in total. The molecule has 138 valence electrons. The van der Waals surface area contributed by atoms with Crippen LogP contribution >= 0.6 is 0 Å². The standard InChI is InChI=1S/C21H16F3NO2/c22-16-10-11-17(21(24)20(16)23)25-19(26)13-27-18-9-5-4-8-15(18)12-14-6-2-1-3-7-14/h1-11H,12-13H2,(H,25,26). The zero-order valence-electron chi connectivity index (χ0n) is 14.2. The van der Waals surface area contributed by atoms with Crippen LogP contribution in [0.3, 0.4) is 0 Å². The number of anilines is 1. The first-order valence-corrected chi connectivity index (χ1v) is 8.22. The molecule has 0 spiro atoms. The molecule has 3 rings (SSSR count). The summed E-state index contributed by atoms with van der Waals surface area (Å²) in [6, 6.07) is 18.7. The summed E-state index contributed by atoms with van der Waals surface area (Å²) < 4.78 is 45.3. The van der Waals surface area contributed by atoms with Crippen molar-refractivity contribution in [3.05, 3.63) is 95.3 Å². The maximum Gasteiger partial charge on any atom is 0.262 e. The van der Waals surface area contributed by atoms with E-state index in [2.05, 4.69) is 5.32 Å². The molecule has 3 aromatic rings. The van der Waals surface area contributed by atoms with Gasteiger partial charge in [-0.05, 0) is 29.3 Å². The summed E-state index contributed by atoms with van der Waals surface area (Å²) in [7, 11) is 0. The normalized spacial score (nSPS) is 10.5. The summed E-state index contributed by atoms with van der Waals surface area (Å²) in [5.41, 5.74) is 1.53.